The van der Waals surface area contributed by atoms with Crippen molar-refractivity contribution in [2.45, 2.75) is 26.3 Å². The first-order valence-electron chi connectivity index (χ1n) is 6.52. The van der Waals surface area contributed by atoms with Crippen LogP contribution >= 0.6 is 0 Å². The maximum absolute atomic E-state index is 12.1. The van der Waals surface area contributed by atoms with Crippen LogP contribution in [0.3, 0.4) is 0 Å². The lowest BCUT2D eigenvalue weighted by Gasteiger charge is -2.17. The van der Waals surface area contributed by atoms with Crippen LogP contribution in [0.4, 0.5) is 18.9 Å². The van der Waals surface area contributed by atoms with E-state index in [-0.39, 0.29) is 11.8 Å². The lowest BCUT2D eigenvalue weighted by Crippen LogP contribution is -2.17. The molecule has 0 aliphatic rings. The Labute approximate surface area is 121 Å². The smallest absolute Gasteiger partial charge is 0.406 e. The van der Waals surface area contributed by atoms with Crippen molar-refractivity contribution < 1.29 is 17.9 Å². The van der Waals surface area contributed by atoms with Crippen LogP contribution in [0.15, 0.2) is 48.5 Å². The van der Waals surface area contributed by atoms with Gasteiger partial charge in [0, 0.05) is 11.7 Å². The predicted octanol–water partition coefficient (Wildman–Crippen LogP) is 5.07. The molecule has 2 aromatic carbocycles. The van der Waals surface area contributed by atoms with Crippen molar-refractivity contribution in [2.24, 2.45) is 0 Å². The highest BCUT2D eigenvalue weighted by Crippen LogP contribution is 2.25. The van der Waals surface area contributed by atoms with Crippen LogP contribution in [-0.2, 0) is 0 Å². The third-order valence-corrected chi connectivity index (χ3v) is 3.01. The second-order valence-electron chi connectivity index (χ2n) is 4.85. The van der Waals surface area contributed by atoms with Gasteiger partial charge in [0.15, 0.2) is 0 Å². The first-order valence-corrected chi connectivity index (χ1v) is 6.52. The molecule has 0 aliphatic heterocycles. The number of nitrogens with one attached hydrogen (secondary N) is 1. The summed E-state index contributed by atoms with van der Waals surface area (Å²) in [7, 11) is 0. The monoisotopic (exact) mass is 295 g/mol. The summed E-state index contributed by atoms with van der Waals surface area (Å²) in [6.45, 7) is 3.95. The van der Waals surface area contributed by atoms with Gasteiger partial charge in [-0.25, -0.2) is 0 Å². The Bertz CT molecular complexity index is 593. The van der Waals surface area contributed by atoms with E-state index >= 15 is 0 Å². The van der Waals surface area contributed by atoms with Gasteiger partial charge in [-0.15, -0.1) is 13.2 Å². The average molecular weight is 295 g/mol. The van der Waals surface area contributed by atoms with Crippen LogP contribution in [0.25, 0.3) is 0 Å². The van der Waals surface area contributed by atoms with Gasteiger partial charge in [0.1, 0.15) is 5.75 Å². The molecule has 2 rings (SSSR count). The molecule has 1 unspecified atom stereocenters. The van der Waals surface area contributed by atoms with Crippen molar-refractivity contribution in [1.29, 1.82) is 0 Å². The van der Waals surface area contributed by atoms with Crippen molar-refractivity contribution in [3.63, 3.8) is 0 Å². The second-order valence-corrected chi connectivity index (χ2v) is 4.85. The molecular formula is C16H16F3NO. The van der Waals surface area contributed by atoms with Crippen LogP contribution in [-0.4, -0.2) is 6.36 Å². The maximum atomic E-state index is 12.1. The number of rotatable bonds is 4. The topological polar surface area (TPSA) is 21.3 Å². The molecule has 2 nitrogen and oxygen atoms in total. The molecule has 5 heteroatoms. The lowest BCUT2D eigenvalue weighted by molar-refractivity contribution is -0.274. The fourth-order valence-corrected chi connectivity index (χ4v) is 2.03. The van der Waals surface area contributed by atoms with Gasteiger partial charge in [-0.2, -0.15) is 0 Å². The van der Waals surface area contributed by atoms with E-state index in [0.717, 1.165) is 16.8 Å². The van der Waals surface area contributed by atoms with Gasteiger partial charge >= 0.3 is 6.36 Å². The fraction of sp³-hybridized carbons (Fsp3) is 0.250. The Morgan fingerprint density at radius 1 is 1.05 bits per heavy atom. The van der Waals surface area contributed by atoms with Gasteiger partial charge in [-0.05, 0) is 49.2 Å². The van der Waals surface area contributed by atoms with Crippen molar-refractivity contribution >= 4 is 5.69 Å². The van der Waals surface area contributed by atoms with E-state index in [9.17, 15) is 13.2 Å². The number of hydrogen-bond donors (Lipinski definition) is 1. The fourth-order valence-electron chi connectivity index (χ4n) is 2.03. The number of aryl methyl sites for hydroxylation is 1. The summed E-state index contributed by atoms with van der Waals surface area (Å²) >= 11 is 0. The average Bonchev–Trinajstić information content (AvgIpc) is 2.37. The van der Waals surface area contributed by atoms with Gasteiger partial charge < -0.3 is 10.1 Å². The van der Waals surface area contributed by atoms with E-state index in [0.29, 0.717) is 0 Å². The van der Waals surface area contributed by atoms with Gasteiger partial charge in [0.2, 0.25) is 0 Å². The third kappa shape index (κ3) is 4.70. The molecule has 0 saturated heterocycles. The zero-order chi connectivity index (χ0) is 15.5. The molecule has 0 amide bonds. The molecule has 0 saturated carbocycles. The second kappa shape index (κ2) is 6.08. The zero-order valence-corrected chi connectivity index (χ0v) is 11.7. The molecule has 21 heavy (non-hydrogen) atoms. The summed E-state index contributed by atoms with van der Waals surface area (Å²) in [5.74, 6) is -0.214. The van der Waals surface area contributed by atoms with Crippen molar-refractivity contribution in [2.75, 3.05) is 5.32 Å². The normalized spacial score (nSPS) is 12.8. The third-order valence-electron chi connectivity index (χ3n) is 3.01. The van der Waals surface area contributed by atoms with E-state index in [1.165, 1.54) is 12.1 Å². The molecule has 0 spiro atoms. The minimum atomic E-state index is -4.66. The molecule has 0 radical (unpaired) electrons. The quantitative estimate of drug-likeness (QED) is 0.850. The summed E-state index contributed by atoms with van der Waals surface area (Å²) in [6.07, 6.45) is -4.66. The number of ether oxygens (including phenoxy) is 1. The molecule has 0 bridgehead atoms. The molecule has 0 heterocycles. The number of benzene rings is 2. The van der Waals surface area contributed by atoms with Crippen LogP contribution in [0.1, 0.15) is 24.1 Å². The number of anilines is 1. The molecule has 1 N–H and O–H groups in total. The summed E-state index contributed by atoms with van der Waals surface area (Å²) in [5.41, 5.74) is 2.99. The standard InChI is InChI=1S/C16H16F3NO/c1-11-4-3-5-14(10-11)20-12(2)13-6-8-15(9-7-13)21-16(17,18)19/h3-10,12,20H,1-2H3. The number of hydrogen-bond acceptors (Lipinski definition) is 2. The lowest BCUT2D eigenvalue weighted by atomic mass is 10.1. The Hall–Kier alpha value is -2.17. The highest BCUT2D eigenvalue weighted by Gasteiger charge is 2.30. The molecule has 0 aromatic heterocycles. The van der Waals surface area contributed by atoms with Crippen LogP contribution in [0, 0.1) is 6.92 Å². The molecule has 0 aliphatic carbocycles. The summed E-state index contributed by atoms with van der Waals surface area (Å²) in [5, 5.41) is 3.30. The van der Waals surface area contributed by atoms with E-state index in [2.05, 4.69) is 10.1 Å². The largest absolute Gasteiger partial charge is 0.573 e. The Balaban J connectivity index is 2.04. The van der Waals surface area contributed by atoms with Gasteiger partial charge in [0.25, 0.3) is 0 Å². The van der Waals surface area contributed by atoms with E-state index in [4.69, 9.17) is 0 Å². The molecule has 112 valence electrons. The summed E-state index contributed by atoms with van der Waals surface area (Å²) < 4.78 is 40.1. The highest BCUT2D eigenvalue weighted by molar-refractivity contribution is 5.47. The van der Waals surface area contributed by atoms with Crippen molar-refractivity contribution in [3.8, 4) is 5.75 Å². The predicted molar refractivity (Wildman–Crippen MR) is 76.3 cm³/mol. The first-order chi connectivity index (χ1) is 9.83. The van der Waals surface area contributed by atoms with Crippen LogP contribution in [0.5, 0.6) is 5.75 Å². The minimum absolute atomic E-state index is 0.0215. The number of halogens is 3. The van der Waals surface area contributed by atoms with Gasteiger partial charge in [-0.1, -0.05) is 24.3 Å². The van der Waals surface area contributed by atoms with Crippen LogP contribution in [0.2, 0.25) is 0 Å². The Morgan fingerprint density at radius 2 is 1.71 bits per heavy atom. The molecule has 1 atom stereocenters. The van der Waals surface area contributed by atoms with E-state index in [1.807, 2.05) is 38.1 Å². The highest BCUT2D eigenvalue weighted by atomic mass is 19.4. The Morgan fingerprint density at radius 3 is 2.29 bits per heavy atom. The van der Waals surface area contributed by atoms with Gasteiger partial charge in [0.05, 0.1) is 0 Å². The molecule has 2 aromatic rings. The summed E-state index contributed by atoms with van der Waals surface area (Å²) in [6, 6.07) is 13.8. The first kappa shape index (κ1) is 15.2. The van der Waals surface area contributed by atoms with E-state index < -0.39 is 6.36 Å². The molecule has 0 fully saturated rings. The van der Waals surface area contributed by atoms with Crippen molar-refractivity contribution in [3.05, 3.63) is 59.7 Å². The van der Waals surface area contributed by atoms with E-state index in [1.54, 1.807) is 12.1 Å². The Kier molecular flexibility index (Phi) is 4.40. The number of alkyl halides is 3. The van der Waals surface area contributed by atoms with Crippen molar-refractivity contribution in [1.82, 2.24) is 0 Å². The molecular weight excluding hydrogens is 279 g/mol. The maximum Gasteiger partial charge on any atom is 0.573 e. The summed E-state index contributed by atoms with van der Waals surface area (Å²) in [4.78, 5) is 0. The zero-order valence-electron chi connectivity index (χ0n) is 11.7. The van der Waals surface area contributed by atoms with Crippen LogP contribution < -0.4 is 10.1 Å². The SMILES string of the molecule is Cc1cccc(NC(C)c2ccc(OC(F)(F)F)cc2)c1. The minimum Gasteiger partial charge on any atom is -0.406 e. The van der Waals surface area contributed by atoms with Gasteiger partial charge in [-0.3, -0.25) is 0 Å².